The largest absolute Gasteiger partial charge is 0.392 e. The third-order valence-corrected chi connectivity index (χ3v) is 3.81. The first-order valence-electron chi connectivity index (χ1n) is 7.56. The lowest BCUT2D eigenvalue weighted by atomic mass is 10.0. The van der Waals surface area contributed by atoms with E-state index in [1.165, 1.54) is 0 Å². The summed E-state index contributed by atoms with van der Waals surface area (Å²) >= 11 is 0. The van der Waals surface area contributed by atoms with Crippen LogP contribution in [0, 0.1) is 6.92 Å². The highest BCUT2D eigenvalue weighted by Crippen LogP contribution is 2.24. The SMILES string of the molecule is Cc1noc(C(C)C)c1C(=O)N1CCN(C[C@H](C)O)CC1. The first-order valence-corrected chi connectivity index (χ1v) is 7.56. The zero-order valence-electron chi connectivity index (χ0n) is 13.3. The molecule has 1 aromatic heterocycles. The number of piperazine rings is 1. The van der Waals surface area contributed by atoms with Crippen LogP contribution in [0.5, 0.6) is 0 Å². The molecule has 6 nitrogen and oxygen atoms in total. The summed E-state index contributed by atoms with van der Waals surface area (Å²) in [7, 11) is 0. The summed E-state index contributed by atoms with van der Waals surface area (Å²) in [5.41, 5.74) is 1.28. The number of hydrogen-bond acceptors (Lipinski definition) is 5. The molecular formula is C15H25N3O3. The molecule has 1 amide bonds. The van der Waals surface area contributed by atoms with Gasteiger partial charge in [-0.2, -0.15) is 0 Å². The van der Waals surface area contributed by atoms with Gasteiger partial charge in [-0.05, 0) is 13.8 Å². The third kappa shape index (κ3) is 3.63. The van der Waals surface area contributed by atoms with E-state index in [0.717, 1.165) is 13.1 Å². The molecule has 21 heavy (non-hydrogen) atoms. The molecule has 1 N–H and O–H groups in total. The number of rotatable bonds is 4. The summed E-state index contributed by atoms with van der Waals surface area (Å²) < 4.78 is 5.30. The summed E-state index contributed by atoms with van der Waals surface area (Å²) in [5, 5.41) is 13.4. The molecular weight excluding hydrogens is 270 g/mol. The van der Waals surface area contributed by atoms with Gasteiger partial charge in [0, 0.05) is 38.6 Å². The number of aromatic nitrogens is 1. The smallest absolute Gasteiger partial charge is 0.259 e. The molecule has 2 rings (SSSR count). The van der Waals surface area contributed by atoms with Crippen LogP contribution < -0.4 is 0 Å². The van der Waals surface area contributed by atoms with Gasteiger partial charge < -0.3 is 14.5 Å². The van der Waals surface area contributed by atoms with Crippen molar-refractivity contribution in [2.45, 2.75) is 39.7 Å². The Balaban J connectivity index is 2.04. The van der Waals surface area contributed by atoms with Crippen molar-refractivity contribution in [2.75, 3.05) is 32.7 Å². The van der Waals surface area contributed by atoms with E-state index in [0.29, 0.717) is 36.7 Å². The first kappa shape index (κ1) is 16.0. The molecule has 1 fully saturated rings. The molecule has 0 radical (unpaired) electrons. The molecule has 0 saturated carbocycles. The van der Waals surface area contributed by atoms with E-state index >= 15 is 0 Å². The zero-order chi connectivity index (χ0) is 15.6. The normalized spacial score (nSPS) is 18.3. The Labute approximate surface area is 125 Å². The zero-order valence-corrected chi connectivity index (χ0v) is 13.3. The quantitative estimate of drug-likeness (QED) is 0.905. The monoisotopic (exact) mass is 295 g/mol. The van der Waals surface area contributed by atoms with Crippen molar-refractivity contribution in [1.82, 2.24) is 15.0 Å². The van der Waals surface area contributed by atoms with E-state index in [1.54, 1.807) is 6.92 Å². The maximum atomic E-state index is 12.7. The summed E-state index contributed by atoms with van der Waals surface area (Å²) in [6.07, 6.45) is -0.333. The molecule has 1 aliphatic rings. The highest BCUT2D eigenvalue weighted by Gasteiger charge is 2.29. The number of carbonyl (C=O) groups excluding carboxylic acids is 1. The van der Waals surface area contributed by atoms with Crippen LogP contribution in [0.2, 0.25) is 0 Å². The molecule has 118 valence electrons. The Morgan fingerprint density at radius 1 is 1.29 bits per heavy atom. The van der Waals surface area contributed by atoms with Crippen LogP contribution in [0.1, 0.15) is 48.5 Å². The fraction of sp³-hybridized carbons (Fsp3) is 0.733. The van der Waals surface area contributed by atoms with E-state index in [2.05, 4.69) is 10.1 Å². The third-order valence-electron chi connectivity index (χ3n) is 3.81. The maximum Gasteiger partial charge on any atom is 0.259 e. The van der Waals surface area contributed by atoms with Gasteiger partial charge in [0.25, 0.3) is 5.91 Å². The molecule has 0 unspecified atom stereocenters. The van der Waals surface area contributed by atoms with Gasteiger partial charge in [0.15, 0.2) is 5.76 Å². The summed E-state index contributed by atoms with van der Waals surface area (Å²) in [6.45, 7) is 11.2. The summed E-state index contributed by atoms with van der Waals surface area (Å²) in [4.78, 5) is 16.7. The molecule has 0 spiro atoms. The maximum absolute atomic E-state index is 12.7. The van der Waals surface area contributed by atoms with Gasteiger partial charge in [-0.1, -0.05) is 19.0 Å². The average molecular weight is 295 g/mol. The Morgan fingerprint density at radius 3 is 2.43 bits per heavy atom. The van der Waals surface area contributed by atoms with Gasteiger partial charge in [-0.15, -0.1) is 0 Å². The Kier molecular flexibility index (Phi) is 5.00. The van der Waals surface area contributed by atoms with E-state index in [-0.39, 0.29) is 17.9 Å². The minimum absolute atomic E-state index is 0.00847. The molecule has 1 aliphatic heterocycles. The number of aryl methyl sites for hydroxylation is 1. The number of nitrogens with zero attached hydrogens (tertiary/aromatic N) is 3. The molecule has 1 atom stereocenters. The molecule has 6 heteroatoms. The summed E-state index contributed by atoms with van der Waals surface area (Å²) in [5.74, 6) is 0.819. The van der Waals surface area contributed by atoms with Crippen molar-refractivity contribution in [3.8, 4) is 0 Å². The van der Waals surface area contributed by atoms with Gasteiger partial charge in [0.05, 0.1) is 11.8 Å². The second kappa shape index (κ2) is 6.58. The first-order chi connectivity index (χ1) is 9.90. The van der Waals surface area contributed by atoms with Crippen molar-refractivity contribution in [3.05, 3.63) is 17.0 Å². The van der Waals surface area contributed by atoms with Gasteiger partial charge >= 0.3 is 0 Å². The van der Waals surface area contributed by atoms with E-state index in [1.807, 2.05) is 25.7 Å². The standard InChI is InChI=1S/C15H25N3O3/c1-10(2)14-13(12(4)16-21-14)15(20)18-7-5-17(6-8-18)9-11(3)19/h10-11,19H,5-9H2,1-4H3/t11-/m0/s1. The number of amides is 1. The second-order valence-electron chi connectivity index (χ2n) is 6.10. The minimum atomic E-state index is -0.333. The van der Waals surface area contributed by atoms with Crippen LogP contribution in [0.25, 0.3) is 0 Å². The highest BCUT2D eigenvalue weighted by atomic mass is 16.5. The van der Waals surface area contributed by atoms with Crippen LogP contribution in [0.15, 0.2) is 4.52 Å². The van der Waals surface area contributed by atoms with Crippen molar-refractivity contribution in [2.24, 2.45) is 0 Å². The van der Waals surface area contributed by atoms with Crippen LogP contribution >= 0.6 is 0 Å². The molecule has 0 aliphatic carbocycles. The van der Waals surface area contributed by atoms with Gasteiger partial charge in [-0.25, -0.2) is 0 Å². The fourth-order valence-corrected chi connectivity index (χ4v) is 2.71. The lowest BCUT2D eigenvalue weighted by Gasteiger charge is -2.35. The van der Waals surface area contributed by atoms with Crippen LogP contribution in [0.3, 0.4) is 0 Å². The van der Waals surface area contributed by atoms with E-state index in [4.69, 9.17) is 4.52 Å². The molecule has 0 aromatic carbocycles. The van der Waals surface area contributed by atoms with E-state index in [9.17, 15) is 9.90 Å². The van der Waals surface area contributed by atoms with Crippen molar-refractivity contribution < 1.29 is 14.4 Å². The second-order valence-corrected chi connectivity index (χ2v) is 6.10. The topological polar surface area (TPSA) is 69.8 Å². The minimum Gasteiger partial charge on any atom is -0.392 e. The molecule has 1 saturated heterocycles. The van der Waals surface area contributed by atoms with Gasteiger partial charge in [-0.3, -0.25) is 9.69 Å². The molecule has 1 aromatic rings. The Bertz CT molecular complexity index is 488. The summed E-state index contributed by atoms with van der Waals surface area (Å²) in [6, 6.07) is 0. The molecule has 2 heterocycles. The van der Waals surface area contributed by atoms with Crippen LogP contribution in [0.4, 0.5) is 0 Å². The Morgan fingerprint density at radius 2 is 1.90 bits per heavy atom. The number of carbonyl (C=O) groups is 1. The Hall–Kier alpha value is -1.40. The van der Waals surface area contributed by atoms with Crippen molar-refractivity contribution >= 4 is 5.91 Å². The average Bonchev–Trinajstić information content (AvgIpc) is 2.80. The van der Waals surface area contributed by atoms with Crippen LogP contribution in [-0.4, -0.2) is 64.8 Å². The number of aliphatic hydroxyl groups excluding tert-OH is 1. The fourth-order valence-electron chi connectivity index (χ4n) is 2.71. The van der Waals surface area contributed by atoms with Gasteiger partial charge in [0.1, 0.15) is 5.56 Å². The highest BCUT2D eigenvalue weighted by molar-refractivity contribution is 5.96. The number of β-amino-alcohol motifs (C(OH)–C–C–N with tert-alkyl or cyclic N) is 1. The van der Waals surface area contributed by atoms with E-state index < -0.39 is 0 Å². The lowest BCUT2D eigenvalue weighted by Crippen LogP contribution is -2.50. The van der Waals surface area contributed by atoms with Crippen molar-refractivity contribution in [3.63, 3.8) is 0 Å². The molecule has 0 bridgehead atoms. The van der Waals surface area contributed by atoms with Crippen LogP contribution in [-0.2, 0) is 0 Å². The lowest BCUT2D eigenvalue weighted by molar-refractivity contribution is 0.0551. The van der Waals surface area contributed by atoms with Gasteiger partial charge in [0.2, 0.25) is 0 Å². The predicted molar refractivity (Wildman–Crippen MR) is 79.4 cm³/mol. The number of hydrogen-bond donors (Lipinski definition) is 1. The predicted octanol–water partition coefficient (Wildman–Crippen LogP) is 1.25. The number of aliphatic hydroxyl groups is 1. The van der Waals surface area contributed by atoms with Crippen molar-refractivity contribution in [1.29, 1.82) is 0 Å².